The molecule has 0 aliphatic heterocycles. The highest BCUT2D eigenvalue weighted by Gasteiger charge is 2.11. The molecule has 2 heteroatoms. The van der Waals surface area contributed by atoms with E-state index in [-0.39, 0.29) is 0 Å². The van der Waals surface area contributed by atoms with Crippen molar-refractivity contribution in [1.29, 1.82) is 0 Å². The van der Waals surface area contributed by atoms with Crippen LogP contribution in [0.15, 0.2) is 66.7 Å². The number of benzene rings is 3. The maximum atomic E-state index is 4.93. The minimum atomic E-state index is 0.770. The van der Waals surface area contributed by atoms with Crippen molar-refractivity contribution < 1.29 is 0 Å². The molecule has 4 rings (SSSR count). The van der Waals surface area contributed by atoms with Crippen LogP contribution in [0.25, 0.3) is 33.5 Å². The first kappa shape index (κ1) is 15.5. The molecule has 0 N–H and O–H groups in total. The molecule has 0 saturated heterocycles. The average molecular weight is 324 g/mol. The summed E-state index contributed by atoms with van der Waals surface area (Å²) in [5.74, 6) is 0.770. The Hall–Kier alpha value is -3.00. The van der Waals surface area contributed by atoms with Crippen LogP contribution >= 0.6 is 0 Å². The third-order valence-electron chi connectivity index (χ3n) is 4.49. The molecule has 0 spiro atoms. The number of hydrogen-bond donors (Lipinski definition) is 0. The van der Waals surface area contributed by atoms with Crippen molar-refractivity contribution in [2.75, 3.05) is 0 Å². The second-order valence-corrected chi connectivity index (χ2v) is 6.65. The molecule has 0 unspecified atom stereocenters. The van der Waals surface area contributed by atoms with E-state index >= 15 is 0 Å². The lowest BCUT2D eigenvalue weighted by Crippen LogP contribution is -1.95. The summed E-state index contributed by atoms with van der Waals surface area (Å²) in [6.07, 6.45) is 0. The predicted octanol–water partition coefficient (Wildman–Crippen LogP) is 5.89. The Balaban J connectivity index is 1.99. The second kappa shape index (κ2) is 6.14. The number of fused-ring (bicyclic) bond motifs is 1. The average Bonchev–Trinajstić information content (AvgIpc) is 2.62. The molecule has 0 radical (unpaired) electrons. The van der Waals surface area contributed by atoms with Crippen molar-refractivity contribution in [1.82, 2.24) is 9.97 Å². The fourth-order valence-electron chi connectivity index (χ4n) is 3.01. The van der Waals surface area contributed by atoms with E-state index in [1.165, 1.54) is 16.7 Å². The minimum absolute atomic E-state index is 0.770. The fourth-order valence-corrected chi connectivity index (χ4v) is 3.01. The predicted molar refractivity (Wildman–Crippen MR) is 105 cm³/mol. The summed E-state index contributed by atoms with van der Waals surface area (Å²) in [7, 11) is 0. The Morgan fingerprint density at radius 1 is 0.560 bits per heavy atom. The second-order valence-electron chi connectivity index (χ2n) is 6.65. The number of hydrogen-bond acceptors (Lipinski definition) is 2. The smallest absolute Gasteiger partial charge is 0.160 e. The lowest BCUT2D eigenvalue weighted by molar-refractivity contribution is 1.22. The Morgan fingerprint density at radius 3 is 1.76 bits per heavy atom. The van der Waals surface area contributed by atoms with Gasteiger partial charge in [0.15, 0.2) is 5.82 Å². The zero-order chi connectivity index (χ0) is 17.4. The highest BCUT2D eigenvalue weighted by Crippen LogP contribution is 2.30. The van der Waals surface area contributed by atoms with E-state index < -0.39 is 0 Å². The molecule has 0 fully saturated rings. The van der Waals surface area contributed by atoms with Crippen molar-refractivity contribution >= 4 is 10.9 Å². The summed E-state index contributed by atoms with van der Waals surface area (Å²) < 4.78 is 0. The molecular weight excluding hydrogens is 304 g/mol. The third kappa shape index (κ3) is 3.03. The number of aromatic nitrogens is 2. The molecule has 4 aromatic rings. The highest BCUT2D eigenvalue weighted by atomic mass is 14.9. The van der Waals surface area contributed by atoms with Crippen molar-refractivity contribution in [3.8, 4) is 22.6 Å². The van der Waals surface area contributed by atoms with Gasteiger partial charge >= 0.3 is 0 Å². The van der Waals surface area contributed by atoms with Gasteiger partial charge in [-0.1, -0.05) is 71.3 Å². The van der Waals surface area contributed by atoms with E-state index in [1.54, 1.807) is 0 Å². The maximum Gasteiger partial charge on any atom is 0.160 e. The zero-order valence-electron chi connectivity index (χ0n) is 14.7. The quantitative estimate of drug-likeness (QED) is 0.459. The molecule has 1 heterocycles. The van der Waals surface area contributed by atoms with E-state index in [0.29, 0.717) is 0 Å². The molecule has 0 atom stereocenters. The molecule has 122 valence electrons. The number of nitrogens with zero attached hydrogens (tertiary/aromatic N) is 2. The molecule has 0 aliphatic rings. The van der Waals surface area contributed by atoms with Crippen LogP contribution in [0.1, 0.15) is 16.7 Å². The molecule has 3 aromatic carbocycles. The van der Waals surface area contributed by atoms with Gasteiger partial charge in [-0.15, -0.1) is 0 Å². The summed E-state index contributed by atoms with van der Waals surface area (Å²) in [6.45, 7) is 6.29. The molecule has 25 heavy (non-hydrogen) atoms. The Kier molecular flexibility index (Phi) is 3.81. The lowest BCUT2D eigenvalue weighted by atomic mass is 10.0. The molecule has 0 amide bonds. The van der Waals surface area contributed by atoms with Gasteiger partial charge in [-0.05, 0) is 32.9 Å². The van der Waals surface area contributed by atoms with E-state index in [9.17, 15) is 0 Å². The van der Waals surface area contributed by atoms with Crippen LogP contribution in [-0.2, 0) is 0 Å². The van der Waals surface area contributed by atoms with Crippen LogP contribution in [0, 0.1) is 20.8 Å². The normalized spacial score (nSPS) is 11.0. The van der Waals surface area contributed by atoms with Gasteiger partial charge in [-0.2, -0.15) is 0 Å². The Bertz CT molecular complexity index is 1050. The van der Waals surface area contributed by atoms with Crippen LogP contribution in [0.2, 0.25) is 0 Å². The SMILES string of the molecule is Cc1ccc(-c2nc(-c3ccc(C)cc3)c3cc(C)ccc3n2)cc1. The van der Waals surface area contributed by atoms with Crippen molar-refractivity contribution in [2.24, 2.45) is 0 Å². The van der Waals surface area contributed by atoms with Gasteiger partial charge in [-0.25, -0.2) is 9.97 Å². The van der Waals surface area contributed by atoms with Crippen molar-refractivity contribution in [3.05, 3.63) is 83.4 Å². The van der Waals surface area contributed by atoms with E-state index in [2.05, 4.69) is 87.5 Å². The Labute approximate surface area is 148 Å². The van der Waals surface area contributed by atoms with Crippen molar-refractivity contribution in [2.45, 2.75) is 20.8 Å². The molecular formula is C23H20N2. The van der Waals surface area contributed by atoms with E-state index in [4.69, 9.17) is 9.97 Å². The third-order valence-corrected chi connectivity index (χ3v) is 4.49. The monoisotopic (exact) mass is 324 g/mol. The first-order chi connectivity index (χ1) is 12.1. The first-order valence-electron chi connectivity index (χ1n) is 8.53. The van der Waals surface area contributed by atoms with Gasteiger partial charge in [0.25, 0.3) is 0 Å². The highest BCUT2D eigenvalue weighted by molar-refractivity contribution is 5.94. The topological polar surface area (TPSA) is 25.8 Å². The first-order valence-corrected chi connectivity index (χ1v) is 8.53. The van der Waals surface area contributed by atoms with E-state index in [0.717, 1.165) is 33.5 Å². The Morgan fingerprint density at radius 2 is 1.12 bits per heavy atom. The van der Waals surface area contributed by atoms with Crippen molar-refractivity contribution in [3.63, 3.8) is 0 Å². The van der Waals surface area contributed by atoms with Gasteiger partial charge < -0.3 is 0 Å². The van der Waals surface area contributed by atoms with Crippen LogP contribution in [0.3, 0.4) is 0 Å². The molecule has 0 aliphatic carbocycles. The van der Waals surface area contributed by atoms with Crippen LogP contribution in [-0.4, -0.2) is 9.97 Å². The van der Waals surface area contributed by atoms with E-state index in [1.807, 2.05) is 0 Å². The summed E-state index contributed by atoms with van der Waals surface area (Å²) >= 11 is 0. The number of aryl methyl sites for hydroxylation is 3. The molecule has 2 nitrogen and oxygen atoms in total. The summed E-state index contributed by atoms with van der Waals surface area (Å²) in [5.41, 5.74) is 7.83. The van der Waals surface area contributed by atoms with Gasteiger partial charge in [0.1, 0.15) is 0 Å². The van der Waals surface area contributed by atoms with Gasteiger partial charge in [0.05, 0.1) is 11.2 Å². The number of rotatable bonds is 2. The largest absolute Gasteiger partial charge is 0.228 e. The van der Waals surface area contributed by atoms with Gasteiger partial charge in [0, 0.05) is 16.5 Å². The molecule has 1 aromatic heterocycles. The zero-order valence-corrected chi connectivity index (χ0v) is 14.7. The van der Waals surface area contributed by atoms with Crippen LogP contribution in [0.4, 0.5) is 0 Å². The lowest BCUT2D eigenvalue weighted by Gasteiger charge is -2.10. The fraction of sp³-hybridized carbons (Fsp3) is 0.130. The van der Waals surface area contributed by atoms with Crippen LogP contribution < -0.4 is 0 Å². The summed E-state index contributed by atoms with van der Waals surface area (Å²) in [6, 6.07) is 23.3. The van der Waals surface area contributed by atoms with Gasteiger partial charge in [-0.3, -0.25) is 0 Å². The molecule has 0 saturated carbocycles. The maximum absolute atomic E-state index is 4.93. The minimum Gasteiger partial charge on any atom is -0.228 e. The molecule has 0 bridgehead atoms. The summed E-state index contributed by atoms with van der Waals surface area (Å²) in [5, 5.41) is 1.10. The van der Waals surface area contributed by atoms with Crippen LogP contribution in [0.5, 0.6) is 0 Å². The van der Waals surface area contributed by atoms with Gasteiger partial charge in [0.2, 0.25) is 0 Å². The summed E-state index contributed by atoms with van der Waals surface area (Å²) in [4.78, 5) is 9.74. The standard InChI is InChI=1S/C23H20N2/c1-15-4-9-18(10-5-15)22-20-14-17(3)8-13-21(20)24-23(25-22)19-11-6-16(2)7-12-19/h4-14H,1-3H3.